The number of hydrogen-bond donors (Lipinski definition) is 0. The van der Waals surface area contributed by atoms with Crippen molar-refractivity contribution in [1.29, 1.82) is 0 Å². The summed E-state index contributed by atoms with van der Waals surface area (Å²) in [7, 11) is 0. The number of fused-ring (bicyclic) bond motifs is 1. The predicted octanol–water partition coefficient (Wildman–Crippen LogP) is 2.40. The fraction of sp³-hybridized carbons (Fsp3) is 0.667. The van der Waals surface area contributed by atoms with Gasteiger partial charge in [-0.05, 0) is 30.5 Å². The first-order chi connectivity index (χ1) is 12.0. The molecule has 2 aliphatic heterocycles. The highest BCUT2D eigenvalue weighted by Crippen LogP contribution is 2.44. The summed E-state index contributed by atoms with van der Waals surface area (Å²) in [6, 6.07) is 3.71. The lowest BCUT2D eigenvalue weighted by Crippen LogP contribution is -2.50. The van der Waals surface area contributed by atoms with Gasteiger partial charge in [0.2, 0.25) is 11.8 Å². The number of carbonyl (C=O) groups excluding carboxylic acids is 1. The molecular weight excluding hydrogens is 330 g/mol. The van der Waals surface area contributed by atoms with Crippen LogP contribution in [0.1, 0.15) is 31.2 Å². The first-order valence-corrected chi connectivity index (χ1v) is 8.84. The van der Waals surface area contributed by atoms with E-state index in [2.05, 4.69) is 4.98 Å². The molecule has 0 aromatic carbocycles. The molecule has 1 saturated carbocycles. The van der Waals surface area contributed by atoms with E-state index in [4.69, 9.17) is 9.47 Å². The maximum atomic E-state index is 13.1. The van der Waals surface area contributed by atoms with Crippen molar-refractivity contribution in [2.75, 3.05) is 13.2 Å². The Morgan fingerprint density at radius 2 is 2.12 bits per heavy atom. The number of ether oxygens (including phenoxy) is 2. The second kappa shape index (κ2) is 6.61. The van der Waals surface area contributed by atoms with Crippen LogP contribution in [-0.2, 0) is 20.9 Å². The van der Waals surface area contributed by atoms with Gasteiger partial charge in [-0.15, -0.1) is 0 Å². The van der Waals surface area contributed by atoms with Crippen LogP contribution in [0, 0.1) is 5.92 Å². The van der Waals surface area contributed by atoms with Gasteiger partial charge in [0.05, 0.1) is 12.6 Å². The van der Waals surface area contributed by atoms with E-state index in [1.807, 2.05) is 12.1 Å². The summed E-state index contributed by atoms with van der Waals surface area (Å²) in [4.78, 5) is 18.4. The van der Waals surface area contributed by atoms with Crippen LogP contribution < -0.4 is 0 Å². The van der Waals surface area contributed by atoms with Gasteiger partial charge in [-0.25, -0.2) is 8.78 Å². The molecular formula is C18H22F2N2O3. The Balaban J connectivity index is 1.42. The Labute approximate surface area is 145 Å². The van der Waals surface area contributed by atoms with Gasteiger partial charge in [0.1, 0.15) is 12.2 Å². The topological polar surface area (TPSA) is 51.7 Å². The summed E-state index contributed by atoms with van der Waals surface area (Å²) in [5.41, 5.74) is 1.01. The van der Waals surface area contributed by atoms with Crippen LogP contribution in [0.25, 0.3) is 0 Å². The van der Waals surface area contributed by atoms with Crippen LogP contribution in [0.15, 0.2) is 24.5 Å². The van der Waals surface area contributed by atoms with Gasteiger partial charge >= 0.3 is 0 Å². The quantitative estimate of drug-likeness (QED) is 0.835. The maximum absolute atomic E-state index is 13.1. The molecule has 3 aliphatic rings. The Kier molecular flexibility index (Phi) is 4.45. The molecule has 0 radical (unpaired) electrons. The summed E-state index contributed by atoms with van der Waals surface area (Å²) >= 11 is 0. The van der Waals surface area contributed by atoms with Crippen LogP contribution in [0.3, 0.4) is 0 Å². The number of carbonyl (C=O) groups is 1. The molecule has 5 nitrogen and oxygen atoms in total. The number of amides is 1. The third kappa shape index (κ3) is 3.40. The zero-order valence-corrected chi connectivity index (χ0v) is 13.9. The number of pyridine rings is 1. The van der Waals surface area contributed by atoms with E-state index in [0.29, 0.717) is 19.8 Å². The van der Waals surface area contributed by atoms with E-state index in [0.717, 1.165) is 18.4 Å². The zero-order valence-electron chi connectivity index (χ0n) is 13.9. The SMILES string of the molecule is O=C(C1CC(F)(F)C1)N1C[C@H](OCc2ccncc2)[C@H]2OCCC[C@H]21. The highest BCUT2D eigenvalue weighted by atomic mass is 19.3. The van der Waals surface area contributed by atoms with Gasteiger partial charge in [-0.3, -0.25) is 9.78 Å². The van der Waals surface area contributed by atoms with Gasteiger partial charge < -0.3 is 14.4 Å². The minimum Gasteiger partial charge on any atom is -0.373 e. The minimum atomic E-state index is -2.68. The van der Waals surface area contributed by atoms with Gasteiger partial charge in [-0.1, -0.05) is 0 Å². The van der Waals surface area contributed by atoms with Gasteiger partial charge in [0.25, 0.3) is 0 Å². The summed E-state index contributed by atoms with van der Waals surface area (Å²) < 4.78 is 38.1. The largest absolute Gasteiger partial charge is 0.373 e. The summed E-state index contributed by atoms with van der Waals surface area (Å²) in [5.74, 6) is -3.40. The lowest BCUT2D eigenvalue weighted by molar-refractivity contribution is -0.162. The molecule has 0 bridgehead atoms. The van der Waals surface area contributed by atoms with E-state index in [1.54, 1.807) is 17.3 Å². The lowest BCUT2D eigenvalue weighted by Gasteiger charge is -2.39. The number of nitrogens with zero attached hydrogens (tertiary/aromatic N) is 2. The van der Waals surface area contributed by atoms with E-state index in [-0.39, 0.29) is 37.0 Å². The average molecular weight is 352 g/mol. The first-order valence-electron chi connectivity index (χ1n) is 8.84. The van der Waals surface area contributed by atoms with Crippen LogP contribution in [0.4, 0.5) is 8.78 Å². The van der Waals surface area contributed by atoms with E-state index < -0.39 is 11.8 Å². The second-order valence-corrected chi connectivity index (χ2v) is 7.20. The van der Waals surface area contributed by atoms with E-state index in [9.17, 15) is 13.6 Å². The van der Waals surface area contributed by atoms with Crippen molar-refractivity contribution in [3.05, 3.63) is 30.1 Å². The average Bonchev–Trinajstić information content (AvgIpc) is 2.97. The molecule has 3 atom stereocenters. The number of halogens is 2. The standard InChI is InChI=1S/C18H22F2N2O3/c19-18(20)8-13(9-18)17(23)22-10-15(16-14(22)2-1-7-24-16)25-11-12-3-5-21-6-4-12/h3-6,13-16H,1-2,7-11H2/t14-,15+,16+/m1/s1. The predicted molar refractivity (Wildman–Crippen MR) is 85.0 cm³/mol. The van der Waals surface area contributed by atoms with Crippen LogP contribution in [0.2, 0.25) is 0 Å². The third-order valence-corrected chi connectivity index (χ3v) is 5.41. The highest BCUT2D eigenvalue weighted by molar-refractivity contribution is 5.81. The van der Waals surface area contributed by atoms with Crippen molar-refractivity contribution in [2.24, 2.45) is 5.92 Å². The van der Waals surface area contributed by atoms with E-state index in [1.165, 1.54) is 0 Å². The summed E-state index contributed by atoms with van der Waals surface area (Å²) in [5, 5.41) is 0. The number of hydrogen-bond acceptors (Lipinski definition) is 4. The Hall–Kier alpha value is -1.60. The normalized spacial score (nSPS) is 31.4. The van der Waals surface area contributed by atoms with Crippen molar-refractivity contribution in [3.63, 3.8) is 0 Å². The van der Waals surface area contributed by atoms with Crippen molar-refractivity contribution >= 4 is 5.91 Å². The zero-order chi connectivity index (χ0) is 17.4. The van der Waals surface area contributed by atoms with E-state index >= 15 is 0 Å². The van der Waals surface area contributed by atoms with Crippen molar-refractivity contribution in [2.45, 2.75) is 56.5 Å². The molecule has 3 heterocycles. The lowest BCUT2D eigenvalue weighted by atomic mass is 9.80. The Bertz CT molecular complexity index is 620. The number of alkyl halides is 2. The number of likely N-dealkylation sites (tertiary alicyclic amines) is 1. The van der Waals surface area contributed by atoms with Crippen LogP contribution in [-0.4, -0.2) is 53.1 Å². The number of rotatable bonds is 4. The highest BCUT2D eigenvalue weighted by Gasteiger charge is 2.54. The molecule has 3 fully saturated rings. The smallest absolute Gasteiger partial charge is 0.249 e. The minimum absolute atomic E-state index is 0.0575. The van der Waals surface area contributed by atoms with Gasteiger partial charge in [0, 0.05) is 44.3 Å². The molecule has 4 rings (SSSR count). The van der Waals surface area contributed by atoms with Crippen LogP contribution >= 0.6 is 0 Å². The molecule has 1 aromatic rings. The molecule has 7 heteroatoms. The summed E-state index contributed by atoms with van der Waals surface area (Å²) in [6.07, 6.45) is 4.09. The molecule has 0 unspecified atom stereocenters. The number of aromatic nitrogens is 1. The summed E-state index contributed by atoms with van der Waals surface area (Å²) in [6.45, 7) is 1.49. The molecule has 1 aromatic heterocycles. The fourth-order valence-corrected chi connectivity index (χ4v) is 4.06. The first kappa shape index (κ1) is 16.8. The molecule has 136 valence electrons. The molecule has 1 amide bonds. The van der Waals surface area contributed by atoms with Crippen molar-refractivity contribution in [3.8, 4) is 0 Å². The maximum Gasteiger partial charge on any atom is 0.249 e. The molecule has 0 N–H and O–H groups in total. The molecule has 2 saturated heterocycles. The van der Waals surface area contributed by atoms with Gasteiger partial charge in [0.15, 0.2) is 0 Å². The Morgan fingerprint density at radius 3 is 2.84 bits per heavy atom. The molecule has 1 aliphatic carbocycles. The second-order valence-electron chi connectivity index (χ2n) is 7.20. The van der Waals surface area contributed by atoms with Crippen LogP contribution in [0.5, 0.6) is 0 Å². The molecule has 0 spiro atoms. The van der Waals surface area contributed by atoms with Crippen molar-refractivity contribution < 1.29 is 23.0 Å². The molecule has 25 heavy (non-hydrogen) atoms. The Morgan fingerprint density at radius 1 is 1.36 bits per heavy atom. The van der Waals surface area contributed by atoms with Crippen molar-refractivity contribution in [1.82, 2.24) is 9.88 Å². The fourth-order valence-electron chi connectivity index (χ4n) is 4.06. The van der Waals surface area contributed by atoms with Gasteiger partial charge in [-0.2, -0.15) is 0 Å². The third-order valence-electron chi connectivity index (χ3n) is 5.41. The monoisotopic (exact) mass is 352 g/mol.